The quantitative estimate of drug-likeness (QED) is 0.615. The molecule has 0 spiro atoms. The van der Waals surface area contributed by atoms with Crippen LogP contribution in [0.15, 0.2) is 42.7 Å². The van der Waals surface area contributed by atoms with Gasteiger partial charge in [0, 0.05) is 25.5 Å². The number of hydrogen-bond donors (Lipinski definition) is 1. The van der Waals surface area contributed by atoms with Crippen LogP contribution in [0.2, 0.25) is 0 Å². The molecule has 3 heterocycles. The van der Waals surface area contributed by atoms with E-state index in [0.717, 1.165) is 13.1 Å². The minimum atomic E-state index is -0.593. The van der Waals surface area contributed by atoms with Gasteiger partial charge in [0.05, 0.1) is 5.56 Å². The van der Waals surface area contributed by atoms with Gasteiger partial charge < -0.3 is 15.0 Å². The number of anilines is 1. The number of rotatable bonds is 7. The van der Waals surface area contributed by atoms with Crippen LogP contribution < -0.4 is 10.1 Å². The molecule has 0 bridgehead atoms. The van der Waals surface area contributed by atoms with Crippen LogP contribution in [-0.4, -0.2) is 63.0 Å². The first-order valence-electron chi connectivity index (χ1n) is 8.72. The van der Waals surface area contributed by atoms with Crippen LogP contribution in [0.1, 0.15) is 16.2 Å². The minimum absolute atomic E-state index is 0.0775. The van der Waals surface area contributed by atoms with E-state index in [4.69, 9.17) is 4.74 Å². The number of hydrogen-bond acceptors (Lipinski definition) is 9. The normalized spacial score (nSPS) is 10.7. The highest BCUT2D eigenvalue weighted by Gasteiger charge is 2.14. The smallest absolute Gasteiger partial charge is 0.347 e. The van der Waals surface area contributed by atoms with E-state index in [9.17, 15) is 4.79 Å². The summed E-state index contributed by atoms with van der Waals surface area (Å²) in [7, 11) is 3.99. The summed E-state index contributed by atoms with van der Waals surface area (Å²) in [6.45, 7) is 3.33. The van der Waals surface area contributed by atoms with Crippen LogP contribution in [0.5, 0.6) is 6.01 Å². The fraction of sp³-hybridized carbons (Fsp3) is 0.263. The Bertz CT molecular complexity index is 931. The van der Waals surface area contributed by atoms with Crippen molar-refractivity contribution in [2.45, 2.75) is 6.92 Å². The molecule has 0 aliphatic rings. The molecule has 0 aliphatic carbocycles. The van der Waals surface area contributed by atoms with Crippen molar-refractivity contribution in [3.8, 4) is 17.5 Å². The Morgan fingerprint density at radius 1 is 1.11 bits per heavy atom. The van der Waals surface area contributed by atoms with E-state index < -0.39 is 5.97 Å². The summed E-state index contributed by atoms with van der Waals surface area (Å²) in [6.07, 6.45) is 3.09. The summed E-state index contributed by atoms with van der Waals surface area (Å²) in [5.74, 6) is 0.864. The highest BCUT2D eigenvalue weighted by atomic mass is 16.5. The number of aromatic nitrogens is 5. The maximum Gasteiger partial charge on any atom is 0.347 e. The Morgan fingerprint density at radius 3 is 2.64 bits per heavy atom. The lowest BCUT2D eigenvalue weighted by Crippen LogP contribution is -2.21. The Balaban J connectivity index is 1.68. The van der Waals surface area contributed by atoms with E-state index in [1.54, 1.807) is 37.4 Å². The van der Waals surface area contributed by atoms with Gasteiger partial charge in [-0.1, -0.05) is 6.07 Å². The Kier molecular flexibility index (Phi) is 6.18. The van der Waals surface area contributed by atoms with E-state index in [1.807, 2.05) is 20.2 Å². The molecule has 0 atom stereocenters. The molecule has 0 saturated heterocycles. The third-order valence-electron chi connectivity index (χ3n) is 3.67. The highest BCUT2D eigenvalue weighted by Crippen LogP contribution is 2.15. The van der Waals surface area contributed by atoms with Crippen LogP contribution in [0, 0.1) is 6.92 Å². The van der Waals surface area contributed by atoms with Gasteiger partial charge in [-0.05, 0) is 45.3 Å². The van der Waals surface area contributed by atoms with Crippen molar-refractivity contribution < 1.29 is 9.53 Å². The Hall–Kier alpha value is -3.46. The van der Waals surface area contributed by atoms with Crippen LogP contribution in [0.3, 0.4) is 0 Å². The summed E-state index contributed by atoms with van der Waals surface area (Å²) < 4.78 is 5.30. The van der Waals surface area contributed by atoms with Gasteiger partial charge in [-0.25, -0.2) is 14.8 Å². The molecule has 9 heteroatoms. The molecule has 0 fully saturated rings. The van der Waals surface area contributed by atoms with Crippen molar-refractivity contribution in [1.29, 1.82) is 0 Å². The molecule has 28 heavy (non-hydrogen) atoms. The van der Waals surface area contributed by atoms with E-state index >= 15 is 0 Å². The molecular weight excluding hydrogens is 358 g/mol. The number of esters is 1. The fourth-order valence-corrected chi connectivity index (χ4v) is 2.28. The monoisotopic (exact) mass is 379 g/mol. The number of likely N-dealkylation sites (N-methyl/N-ethyl adjacent to an activating group) is 1. The Morgan fingerprint density at radius 2 is 1.96 bits per heavy atom. The van der Waals surface area contributed by atoms with E-state index in [-0.39, 0.29) is 6.01 Å². The van der Waals surface area contributed by atoms with Gasteiger partial charge in [0.15, 0.2) is 5.82 Å². The van der Waals surface area contributed by atoms with Gasteiger partial charge in [0.2, 0.25) is 0 Å². The first-order valence-corrected chi connectivity index (χ1v) is 8.72. The van der Waals surface area contributed by atoms with Crippen molar-refractivity contribution in [1.82, 2.24) is 29.8 Å². The van der Waals surface area contributed by atoms with Gasteiger partial charge in [0.25, 0.3) is 0 Å². The molecule has 144 valence electrons. The summed E-state index contributed by atoms with van der Waals surface area (Å²) in [6, 6.07) is 8.68. The van der Waals surface area contributed by atoms with Gasteiger partial charge in [0.1, 0.15) is 17.3 Å². The third kappa shape index (κ3) is 5.27. The summed E-state index contributed by atoms with van der Waals surface area (Å²) in [5, 5.41) is 3.18. The molecular formula is C19H21N7O2. The molecule has 0 unspecified atom stereocenters. The predicted octanol–water partition coefficient (Wildman–Crippen LogP) is 1.83. The minimum Gasteiger partial charge on any atom is -0.387 e. The maximum atomic E-state index is 12.4. The van der Waals surface area contributed by atoms with Crippen molar-refractivity contribution in [3.05, 3.63) is 54.1 Å². The third-order valence-corrected chi connectivity index (χ3v) is 3.67. The number of carbonyl (C=O) groups is 1. The van der Waals surface area contributed by atoms with Crippen LogP contribution in [-0.2, 0) is 0 Å². The lowest BCUT2D eigenvalue weighted by molar-refractivity contribution is 0.0718. The van der Waals surface area contributed by atoms with Gasteiger partial charge in [-0.3, -0.25) is 4.98 Å². The van der Waals surface area contributed by atoms with Crippen LogP contribution in [0.4, 0.5) is 5.82 Å². The van der Waals surface area contributed by atoms with Crippen molar-refractivity contribution in [3.63, 3.8) is 0 Å². The Labute approximate surface area is 162 Å². The molecule has 9 nitrogen and oxygen atoms in total. The average Bonchev–Trinajstić information content (AvgIpc) is 2.68. The van der Waals surface area contributed by atoms with Gasteiger partial charge >= 0.3 is 12.0 Å². The number of ether oxygens (including phenoxy) is 1. The molecule has 0 aliphatic heterocycles. The van der Waals surface area contributed by atoms with Crippen LogP contribution >= 0.6 is 0 Å². The highest BCUT2D eigenvalue weighted by molar-refractivity contribution is 5.90. The topological polar surface area (TPSA) is 106 Å². The van der Waals surface area contributed by atoms with E-state index in [2.05, 4.69) is 35.1 Å². The molecule has 0 aromatic carbocycles. The molecule has 0 amide bonds. The van der Waals surface area contributed by atoms with E-state index in [0.29, 0.717) is 28.7 Å². The van der Waals surface area contributed by atoms with Crippen LogP contribution in [0.25, 0.3) is 11.5 Å². The predicted molar refractivity (Wildman–Crippen MR) is 104 cm³/mol. The molecule has 1 N–H and O–H groups in total. The zero-order valence-corrected chi connectivity index (χ0v) is 16.0. The lowest BCUT2D eigenvalue weighted by atomic mass is 10.3. The second-order valence-electron chi connectivity index (χ2n) is 6.26. The van der Waals surface area contributed by atoms with Crippen molar-refractivity contribution in [2.75, 3.05) is 32.5 Å². The van der Waals surface area contributed by atoms with Crippen molar-refractivity contribution in [2.24, 2.45) is 0 Å². The van der Waals surface area contributed by atoms with Gasteiger partial charge in [-0.15, -0.1) is 0 Å². The van der Waals surface area contributed by atoms with E-state index in [1.165, 1.54) is 6.20 Å². The van der Waals surface area contributed by atoms with Crippen molar-refractivity contribution >= 4 is 11.8 Å². The van der Waals surface area contributed by atoms with Gasteiger partial charge in [-0.2, -0.15) is 9.97 Å². The average molecular weight is 379 g/mol. The number of pyridine rings is 2. The molecule has 3 aromatic rings. The zero-order chi connectivity index (χ0) is 19.9. The summed E-state index contributed by atoms with van der Waals surface area (Å²) in [5.41, 5.74) is 0.871. The number of carbonyl (C=O) groups excluding carboxylic acids is 1. The largest absolute Gasteiger partial charge is 0.387 e. The maximum absolute atomic E-state index is 12.4. The molecule has 0 saturated carbocycles. The fourth-order valence-electron chi connectivity index (χ4n) is 2.28. The molecule has 3 rings (SSSR count). The number of nitrogens with one attached hydrogen (secondary N) is 1. The lowest BCUT2D eigenvalue weighted by Gasteiger charge is -2.10. The summed E-state index contributed by atoms with van der Waals surface area (Å²) in [4.78, 5) is 35.4. The number of aryl methyl sites for hydroxylation is 1. The SMILES string of the molecule is Cc1nc(OC(=O)c2ccc(NCCN(C)C)nc2)nc(-c2ccccn2)n1. The molecule has 3 aromatic heterocycles. The second kappa shape index (κ2) is 8.96. The first-order chi connectivity index (χ1) is 13.5. The standard InChI is InChI=1S/C19H21N7O2/c1-13-23-17(15-6-4-5-9-20-15)25-19(24-13)28-18(27)14-7-8-16(22-12-14)21-10-11-26(2)3/h4-9,12H,10-11H2,1-3H3,(H,21,22). The number of nitrogens with zero attached hydrogens (tertiary/aromatic N) is 6. The zero-order valence-electron chi connectivity index (χ0n) is 16.0. The first kappa shape index (κ1) is 19.3. The summed E-state index contributed by atoms with van der Waals surface area (Å²) >= 11 is 0. The second-order valence-corrected chi connectivity index (χ2v) is 6.26. The molecule has 0 radical (unpaired) electrons.